The third-order valence-corrected chi connectivity index (χ3v) is 2.93. The summed E-state index contributed by atoms with van der Waals surface area (Å²) < 4.78 is 5.39. The lowest BCUT2D eigenvalue weighted by atomic mass is 10.1. The second kappa shape index (κ2) is 5.56. The predicted octanol–water partition coefficient (Wildman–Crippen LogP) is 1.75. The van der Waals surface area contributed by atoms with Crippen molar-refractivity contribution in [2.45, 2.75) is 26.8 Å². The molecule has 1 N–H and O–H groups in total. The SMILES string of the molecule is Cc1cc(C(=O)N2CCN[C@H](C)C2)c(C)o1.Cl. The number of hydrogen-bond donors (Lipinski definition) is 1. The first-order chi connectivity index (χ1) is 7.58. The van der Waals surface area contributed by atoms with E-state index in [9.17, 15) is 4.79 Å². The van der Waals surface area contributed by atoms with E-state index in [0.29, 0.717) is 17.4 Å². The summed E-state index contributed by atoms with van der Waals surface area (Å²) in [5.41, 5.74) is 0.701. The van der Waals surface area contributed by atoms with E-state index in [1.54, 1.807) is 0 Å². The Bertz CT molecular complexity index is 403. The summed E-state index contributed by atoms with van der Waals surface area (Å²) in [5, 5.41) is 3.32. The van der Waals surface area contributed by atoms with Crippen LogP contribution in [-0.2, 0) is 0 Å². The van der Waals surface area contributed by atoms with E-state index in [4.69, 9.17) is 4.42 Å². The standard InChI is InChI=1S/C12H18N2O2.ClH/c1-8-7-14(5-4-13-8)12(15)11-6-9(2)16-10(11)3;/h6,8,13H,4-5,7H2,1-3H3;1H/t8-;/m1./s1. The van der Waals surface area contributed by atoms with Gasteiger partial charge in [-0.2, -0.15) is 0 Å². The number of amides is 1. The lowest BCUT2D eigenvalue weighted by Crippen LogP contribution is -2.51. The van der Waals surface area contributed by atoms with Crippen molar-refractivity contribution in [3.05, 3.63) is 23.2 Å². The summed E-state index contributed by atoms with van der Waals surface area (Å²) in [6, 6.07) is 2.19. The Balaban J connectivity index is 0.00000144. The molecule has 0 radical (unpaired) electrons. The fourth-order valence-corrected chi connectivity index (χ4v) is 2.13. The number of halogens is 1. The monoisotopic (exact) mass is 258 g/mol. The third-order valence-electron chi connectivity index (χ3n) is 2.93. The van der Waals surface area contributed by atoms with Gasteiger partial charge in [0.15, 0.2) is 0 Å². The number of nitrogens with one attached hydrogen (secondary N) is 1. The third kappa shape index (κ3) is 3.01. The van der Waals surface area contributed by atoms with Crippen LogP contribution in [0.4, 0.5) is 0 Å². The summed E-state index contributed by atoms with van der Waals surface area (Å²) in [6.45, 7) is 8.20. The second-order valence-electron chi connectivity index (χ2n) is 4.43. The fourth-order valence-electron chi connectivity index (χ4n) is 2.13. The average molecular weight is 259 g/mol. The van der Waals surface area contributed by atoms with Gasteiger partial charge in [-0.25, -0.2) is 0 Å². The van der Waals surface area contributed by atoms with Gasteiger partial charge in [0.05, 0.1) is 5.56 Å². The normalized spacial score (nSPS) is 19.9. The zero-order chi connectivity index (χ0) is 11.7. The second-order valence-corrected chi connectivity index (χ2v) is 4.43. The molecule has 0 aliphatic carbocycles. The Morgan fingerprint density at radius 3 is 2.76 bits per heavy atom. The molecule has 0 aromatic carbocycles. The number of furan rings is 1. The van der Waals surface area contributed by atoms with Crippen molar-refractivity contribution >= 4 is 18.3 Å². The van der Waals surface area contributed by atoms with Crippen molar-refractivity contribution in [2.24, 2.45) is 0 Å². The highest BCUT2D eigenvalue weighted by Gasteiger charge is 2.24. The topological polar surface area (TPSA) is 45.5 Å². The average Bonchev–Trinajstić information content (AvgIpc) is 2.57. The van der Waals surface area contributed by atoms with E-state index in [-0.39, 0.29) is 18.3 Å². The quantitative estimate of drug-likeness (QED) is 0.835. The van der Waals surface area contributed by atoms with Gasteiger partial charge >= 0.3 is 0 Å². The maximum atomic E-state index is 12.2. The van der Waals surface area contributed by atoms with Crippen molar-refractivity contribution in [2.75, 3.05) is 19.6 Å². The van der Waals surface area contributed by atoms with Gasteiger partial charge in [-0.05, 0) is 26.8 Å². The zero-order valence-corrected chi connectivity index (χ0v) is 11.3. The highest BCUT2D eigenvalue weighted by atomic mass is 35.5. The van der Waals surface area contributed by atoms with Gasteiger partial charge in [0.2, 0.25) is 0 Å². The molecule has 0 unspecified atom stereocenters. The largest absolute Gasteiger partial charge is 0.466 e. The molecule has 1 aromatic heterocycles. The number of aryl methyl sites for hydroxylation is 2. The van der Waals surface area contributed by atoms with Gasteiger partial charge in [-0.1, -0.05) is 0 Å². The first kappa shape index (κ1) is 14.1. The number of rotatable bonds is 1. The first-order valence-electron chi connectivity index (χ1n) is 5.67. The minimum atomic E-state index is 0. The number of carbonyl (C=O) groups excluding carboxylic acids is 1. The van der Waals surface area contributed by atoms with Gasteiger partial charge in [-0.3, -0.25) is 4.79 Å². The maximum Gasteiger partial charge on any atom is 0.257 e. The van der Waals surface area contributed by atoms with Crippen LogP contribution < -0.4 is 5.32 Å². The lowest BCUT2D eigenvalue weighted by molar-refractivity contribution is 0.0707. The van der Waals surface area contributed by atoms with E-state index in [1.807, 2.05) is 24.8 Å². The van der Waals surface area contributed by atoms with Crippen molar-refractivity contribution in [1.29, 1.82) is 0 Å². The van der Waals surface area contributed by atoms with Crippen LogP contribution in [0.3, 0.4) is 0 Å². The summed E-state index contributed by atoms with van der Waals surface area (Å²) in [5.74, 6) is 1.60. The molecule has 17 heavy (non-hydrogen) atoms. The molecular weight excluding hydrogens is 240 g/mol. The zero-order valence-electron chi connectivity index (χ0n) is 10.4. The summed E-state index contributed by atoms with van der Waals surface area (Å²) >= 11 is 0. The van der Waals surface area contributed by atoms with Crippen LogP contribution in [0.25, 0.3) is 0 Å². The highest BCUT2D eigenvalue weighted by molar-refractivity contribution is 5.95. The number of nitrogens with zero attached hydrogens (tertiary/aromatic N) is 1. The van der Waals surface area contributed by atoms with Gasteiger partial charge in [0.1, 0.15) is 11.5 Å². The molecule has 1 aliphatic heterocycles. The van der Waals surface area contributed by atoms with Crippen molar-refractivity contribution in [1.82, 2.24) is 10.2 Å². The molecule has 2 heterocycles. The Morgan fingerprint density at radius 2 is 2.24 bits per heavy atom. The maximum absolute atomic E-state index is 12.2. The van der Waals surface area contributed by atoms with Crippen molar-refractivity contribution in [3.8, 4) is 0 Å². The summed E-state index contributed by atoms with van der Waals surface area (Å²) in [6.07, 6.45) is 0. The number of piperazine rings is 1. The van der Waals surface area contributed by atoms with Crippen LogP contribution in [0.2, 0.25) is 0 Å². The van der Waals surface area contributed by atoms with Crippen LogP contribution in [0.5, 0.6) is 0 Å². The van der Waals surface area contributed by atoms with Crippen LogP contribution in [0, 0.1) is 13.8 Å². The minimum Gasteiger partial charge on any atom is -0.466 e. The summed E-state index contributed by atoms with van der Waals surface area (Å²) in [7, 11) is 0. The molecule has 1 fully saturated rings. The van der Waals surface area contributed by atoms with Crippen LogP contribution >= 0.6 is 12.4 Å². The molecular formula is C12H19ClN2O2. The molecule has 4 nitrogen and oxygen atoms in total. The Labute approximate surface area is 108 Å². The van der Waals surface area contributed by atoms with Gasteiger partial charge in [0.25, 0.3) is 5.91 Å². The Morgan fingerprint density at radius 1 is 1.53 bits per heavy atom. The molecule has 1 atom stereocenters. The molecule has 5 heteroatoms. The molecule has 1 aliphatic rings. The van der Waals surface area contributed by atoms with Crippen LogP contribution in [0.1, 0.15) is 28.8 Å². The van der Waals surface area contributed by atoms with Crippen molar-refractivity contribution < 1.29 is 9.21 Å². The Hall–Kier alpha value is -1.000. The number of carbonyl (C=O) groups is 1. The predicted molar refractivity (Wildman–Crippen MR) is 68.8 cm³/mol. The molecule has 0 spiro atoms. The molecule has 2 rings (SSSR count). The van der Waals surface area contributed by atoms with E-state index in [0.717, 1.165) is 25.4 Å². The van der Waals surface area contributed by atoms with Crippen molar-refractivity contribution in [3.63, 3.8) is 0 Å². The Kier molecular flexibility index (Phi) is 4.60. The highest BCUT2D eigenvalue weighted by Crippen LogP contribution is 2.16. The molecule has 0 bridgehead atoms. The molecule has 1 saturated heterocycles. The van der Waals surface area contributed by atoms with E-state index in [2.05, 4.69) is 12.2 Å². The molecule has 1 amide bonds. The van der Waals surface area contributed by atoms with E-state index < -0.39 is 0 Å². The smallest absolute Gasteiger partial charge is 0.257 e. The lowest BCUT2D eigenvalue weighted by Gasteiger charge is -2.31. The first-order valence-corrected chi connectivity index (χ1v) is 5.67. The van der Waals surface area contributed by atoms with Gasteiger partial charge < -0.3 is 14.6 Å². The number of hydrogen-bond acceptors (Lipinski definition) is 3. The van der Waals surface area contributed by atoms with Crippen LogP contribution in [-0.4, -0.2) is 36.5 Å². The van der Waals surface area contributed by atoms with Gasteiger partial charge in [0, 0.05) is 25.7 Å². The molecule has 0 saturated carbocycles. The minimum absolute atomic E-state index is 0. The van der Waals surface area contributed by atoms with E-state index >= 15 is 0 Å². The van der Waals surface area contributed by atoms with Crippen LogP contribution in [0.15, 0.2) is 10.5 Å². The molecule has 96 valence electrons. The summed E-state index contributed by atoms with van der Waals surface area (Å²) in [4.78, 5) is 14.1. The van der Waals surface area contributed by atoms with Gasteiger partial charge in [-0.15, -0.1) is 12.4 Å². The van der Waals surface area contributed by atoms with E-state index in [1.165, 1.54) is 0 Å². The fraction of sp³-hybridized carbons (Fsp3) is 0.583. The molecule has 1 aromatic rings.